The summed E-state index contributed by atoms with van der Waals surface area (Å²) in [5, 5.41) is 6.17. The van der Waals surface area contributed by atoms with E-state index in [1.165, 1.54) is 6.07 Å². The van der Waals surface area contributed by atoms with Gasteiger partial charge in [-0.3, -0.25) is 9.59 Å². The Morgan fingerprint density at radius 3 is 2.83 bits per heavy atom. The first kappa shape index (κ1) is 16.1. The quantitative estimate of drug-likeness (QED) is 0.797. The van der Waals surface area contributed by atoms with Crippen molar-refractivity contribution in [3.8, 4) is 17.6 Å². The number of aryl methyl sites for hydroxylation is 1. The maximum atomic E-state index is 11.6. The molecule has 2 rings (SSSR count). The number of aromatic nitrogens is 1. The van der Waals surface area contributed by atoms with Crippen LogP contribution in [-0.4, -0.2) is 30.1 Å². The molecular weight excluding hydrogens is 298 g/mol. The van der Waals surface area contributed by atoms with Crippen molar-refractivity contribution in [3.63, 3.8) is 0 Å². The summed E-state index contributed by atoms with van der Waals surface area (Å²) < 4.78 is 10.2. The molecule has 0 aliphatic carbocycles. The molecule has 0 spiro atoms. The zero-order valence-electron chi connectivity index (χ0n) is 12.5. The Morgan fingerprint density at radius 1 is 1.35 bits per heavy atom. The van der Waals surface area contributed by atoms with E-state index in [1.807, 2.05) is 0 Å². The highest BCUT2D eigenvalue weighted by Gasteiger charge is 2.09. The number of benzene rings is 1. The van der Waals surface area contributed by atoms with E-state index in [9.17, 15) is 9.59 Å². The van der Waals surface area contributed by atoms with E-state index >= 15 is 0 Å². The maximum Gasteiger partial charge on any atom is 0.274 e. The van der Waals surface area contributed by atoms with Crippen molar-refractivity contribution in [1.29, 1.82) is 0 Å². The van der Waals surface area contributed by atoms with Gasteiger partial charge < -0.3 is 20.3 Å². The molecule has 0 aliphatic rings. The molecule has 0 saturated carbocycles. The highest BCUT2D eigenvalue weighted by atomic mass is 16.5. The van der Waals surface area contributed by atoms with E-state index < -0.39 is 5.91 Å². The largest absolute Gasteiger partial charge is 0.480 e. The van der Waals surface area contributed by atoms with Gasteiger partial charge in [-0.2, -0.15) is 0 Å². The highest BCUT2D eigenvalue weighted by molar-refractivity contribution is 5.95. The normalized spacial score (nSPS) is 9.61. The number of hydrogen-bond donors (Lipinski definition) is 2. The van der Waals surface area contributed by atoms with Crippen LogP contribution >= 0.6 is 0 Å². The monoisotopic (exact) mass is 313 g/mol. The van der Waals surface area contributed by atoms with Gasteiger partial charge in [0.1, 0.15) is 18.1 Å². The average Bonchev–Trinajstić information content (AvgIpc) is 2.97. The Balaban J connectivity index is 1.79. The van der Waals surface area contributed by atoms with E-state index in [-0.39, 0.29) is 24.8 Å². The molecule has 0 fully saturated rings. The second-order valence-electron chi connectivity index (χ2n) is 4.51. The molecule has 0 unspecified atom stereocenters. The fourth-order valence-corrected chi connectivity index (χ4v) is 1.71. The van der Waals surface area contributed by atoms with Gasteiger partial charge in [0.15, 0.2) is 5.69 Å². The number of rotatable bonds is 5. The highest BCUT2D eigenvalue weighted by Crippen LogP contribution is 2.16. The van der Waals surface area contributed by atoms with Crippen LogP contribution in [-0.2, 0) is 0 Å². The van der Waals surface area contributed by atoms with Crippen molar-refractivity contribution in [3.05, 3.63) is 47.3 Å². The van der Waals surface area contributed by atoms with Crippen LogP contribution in [0.3, 0.4) is 0 Å². The van der Waals surface area contributed by atoms with Gasteiger partial charge in [0, 0.05) is 6.07 Å². The molecule has 2 aromatic rings. The van der Waals surface area contributed by atoms with Gasteiger partial charge in [0.2, 0.25) is 0 Å². The van der Waals surface area contributed by atoms with Crippen molar-refractivity contribution in [1.82, 2.24) is 10.5 Å². The molecule has 1 heterocycles. The van der Waals surface area contributed by atoms with Gasteiger partial charge in [0.05, 0.1) is 12.1 Å². The van der Waals surface area contributed by atoms with Crippen LogP contribution in [0.5, 0.6) is 5.75 Å². The number of amides is 2. The van der Waals surface area contributed by atoms with Crippen LogP contribution < -0.4 is 15.8 Å². The molecule has 0 aliphatic heterocycles. The lowest BCUT2D eigenvalue weighted by molar-refractivity contribution is 0.0948. The third-order valence-electron chi connectivity index (χ3n) is 2.78. The van der Waals surface area contributed by atoms with Crippen LogP contribution in [0.25, 0.3) is 0 Å². The summed E-state index contributed by atoms with van der Waals surface area (Å²) in [5.41, 5.74) is 5.74. The minimum Gasteiger partial charge on any atom is -0.480 e. The Hall–Kier alpha value is -3.27. The van der Waals surface area contributed by atoms with Gasteiger partial charge >= 0.3 is 0 Å². The predicted octanol–water partition coefficient (Wildman–Crippen LogP) is 0.894. The third kappa shape index (κ3) is 4.61. The molecule has 23 heavy (non-hydrogen) atoms. The van der Waals surface area contributed by atoms with Crippen LogP contribution in [0.4, 0.5) is 0 Å². The standard InChI is InChI=1S/C16H15N3O4/c1-11-10-13(19-23-11)16(21)18-8-4-5-9-22-14-7-3-2-6-12(14)15(17)20/h2-3,6-7,10H,8-9H2,1H3,(H2,17,20)(H,18,21). The maximum absolute atomic E-state index is 11.6. The average molecular weight is 313 g/mol. The van der Waals surface area contributed by atoms with Crippen LogP contribution in [0.1, 0.15) is 26.6 Å². The Labute approximate surface area is 132 Å². The van der Waals surface area contributed by atoms with E-state index in [2.05, 4.69) is 22.3 Å². The number of nitrogens with zero attached hydrogens (tertiary/aromatic N) is 1. The predicted molar refractivity (Wildman–Crippen MR) is 81.8 cm³/mol. The molecule has 1 aromatic carbocycles. The number of nitrogens with one attached hydrogen (secondary N) is 1. The number of carbonyl (C=O) groups excluding carboxylic acids is 2. The summed E-state index contributed by atoms with van der Waals surface area (Å²) in [6.07, 6.45) is 0. The van der Waals surface area contributed by atoms with Crippen LogP contribution in [0.2, 0.25) is 0 Å². The molecule has 118 valence electrons. The second kappa shape index (κ2) is 7.66. The minimum absolute atomic E-state index is 0.0727. The first-order valence-electron chi connectivity index (χ1n) is 6.77. The van der Waals surface area contributed by atoms with Crippen LogP contribution in [0.15, 0.2) is 34.9 Å². The van der Waals surface area contributed by atoms with Gasteiger partial charge in [-0.15, -0.1) is 0 Å². The van der Waals surface area contributed by atoms with Gasteiger partial charge in [0.25, 0.3) is 11.8 Å². The van der Waals surface area contributed by atoms with Crippen molar-refractivity contribution < 1.29 is 18.8 Å². The molecule has 7 nitrogen and oxygen atoms in total. The summed E-state index contributed by atoms with van der Waals surface area (Å²) in [7, 11) is 0. The topological polar surface area (TPSA) is 107 Å². The number of nitrogens with two attached hydrogens (primary N) is 1. The Bertz CT molecular complexity index is 771. The molecule has 0 saturated heterocycles. The van der Waals surface area contributed by atoms with Crippen molar-refractivity contribution in [2.24, 2.45) is 5.73 Å². The van der Waals surface area contributed by atoms with Crippen molar-refractivity contribution in [2.75, 3.05) is 13.2 Å². The van der Waals surface area contributed by atoms with E-state index in [0.29, 0.717) is 17.1 Å². The minimum atomic E-state index is -0.566. The zero-order chi connectivity index (χ0) is 16.7. The van der Waals surface area contributed by atoms with E-state index in [0.717, 1.165) is 0 Å². The Morgan fingerprint density at radius 2 is 2.13 bits per heavy atom. The molecule has 1 aromatic heterocycles. The Kier molecular flexibility index (Phi) is 5.36. The number of para-hydroxylation sites is 1. The van der Waals surface area contributed by atoms with Crippen LogP contribution in [0, 0.1) is 18.8 Å². The lowest BCUT2D eigenvalue weighted by Crippen LogP contribution is -2.23. The first-order chi connectivity index (χ1) is 11.1. The number of ether oxygens (including phenoxy) is 1. The summed E-state index contributed by atoms with van der Waals surface area (Å²) in [6.45, 7) is 1.92. The van der Waals surface area contributed by atoms with Crippen molar-refractivity contribution in [2.45, 2.75) is 6.92 Å². The first-order valence-corrected chi connectivity index (χ1v) is 6.77. The lowest BCUT2D eigenvalue weighted by Gasteiger charge is -2.05. The summed E-state index contributed by atoms with van der Waals surface area (Å²) in [5.74, 6) is 5.46. The van der Waals surface area contributed by atoms with E-state index in [4.69, 9.17) is 15.0 Å². The summed E-state index contributed by atoms with van der Waals surface area (Å²) in [4.78, 5) is 22.9. The van der Waals surface area contributed by atoms with Crippen molar-refractivity contribution >= 4 is 11.8 Å². The molecule has 7 heteroatoms. The molecule has 0 atom stereocenters. The molecule has 0 bridgehead atoms. The van der Waals surface area contributed by atoms with Gasteiger partial charge in [-0.1, -0.05) is 29.1 Å². The number of carbonyl (C=O) groups is 2. The summed E-state index contributed by atoms with van der Waals surface area (Å²) in [6, 6.07) is 8.17. The zero-order valence-corrected chi connectivity index (χ0v) is 12.5. The fraction of sp³-hybridized carbons (Fsp3) is 0.188. The smallest absolute Gasteiger partial charge is 0.274 e. The van der Waals surface area contributed by atoms with Gasteiger partial charge in [-0.05, 0) is 19.1 Å². The molecule has 2 amide bonds. The second-order valence-corrected chi connectivity index (χ2v) is 4.51. The lowest BCUT2D eigenvalue weighted by atomic mass is 10.2. The summed E-state index contributed by atoms with van der Waals surface area (Å²) >= 11 is 0. The SMILES string of the molecule is Cc1cc(C(=O)NCC#CCOc2ccccc2C(N)=O)no1. The van der Waals surface area contributed by atoms with Gasteiger partial charge in [-0.25, -0.2) is 0 Å². The van der Waals surface area contributed by atoms with E-state index in [1.54, 1.807) is 31.2 Å². The fourth-order valence-electron chi connectivity index (χ4n) is 1.71. The number of hydrogen-bond acceptors (Lipinski definition) is 5. The number of primary amides is 1. The molecule has 3 N–H and O–H groups in total. The third-order valence-corrected chi connectivity index (χ3v) is 2.78. The molecule has 0 radical (unpaired) electrons. The molecular formula is C16H15N3O4.